The summed E-state index contributed by atoms with van der Waals surface area (Å²) in [6.45, 7) is 4.41. The van der Waals surface area contributed by atoms with E-state index in [1.807, 2.05) is 19.1 Å². The van der Waals surface area contributed by atoms with Gasteiger partial charge in [-0.25, -0.2) is 0 Å². The van der Waals surface area contributed by atoms with Crippen LogP contribution in [0.15, 0.2) is 24.3 Å². The highest BCUT2D eigenvalue weighted by atomic mass is 35.5. The zero-order valence-electron chi connectivity index (χ0n) is 15.6. The summed E-state index contributed by atoms with van der Waals surface area (Å²) in [4.78, 5) is 30.1. The van der Waals surface area contributed by atoms with Crippen LogP contribution in [0.5, 0.6) is 0 Å². The smallest absolute Gasteiger partial charge is 0.230 e. The van der Waals surface area contributed by atoms with Gasteiger partial charge in [-0.3, -0.25) is 9.59 Å². The van der Waals surface area contributed by atoms with Crippen LogP contribution < -0.4 is 10.2 Å². The van der Waals surface area contributed by atoms with Gasteiger partial charge in [0.05, 0.1) is 5.92 Å². The molecule has 2 heterocycles. The summed E-state index contributed by atoms with van der Waals surface area (Å²) >= 11 is 6.19. The third kappa shape index (κ3) is 3.61. The van der Waals surface area contributed by atoms with Crippen molar-refractivity contribution in [2.24, 2.45) is 5.92 Å². The molecule has 1 aliphatic carbocycles. The SMILES string of the molecule is CCc1[nH]c(NC(=O)C2CC(=O)N(c3ccc(C)c(Cl)c3)C2)cc1C1CC1. The second-order valence-corrected chi connectivity index (χ2v) is 7.98. The quantitative estimate of drug-likeness (QED) is 0.800. The summed E-state index contributed by atoms with van der Waals surface area (Å²) in [6.07, 6.45) is 3.59. The van der Waals surface area contributed by atoms with E-state index in [2.05, 4.69) is 23.3 Å². The molecule has 1 aliphatic heterocycles. The number of benzene rings is 1. The fourth-order valence-electron chi connectivity index (χ4n) is 3.75. The molecule has 0 bridgehead atoms. The van der Waals surface area contributed by atoms with Gasteiger partial charge in [-0.15, -0.1) is 0 Å². The van der Waals surface area contributed by atoms with Crippen molar-refractivity contribution in [1.82, 2.24) is 4.98 Å². The molecule has 2 amide bonds. The minimum Gasteiger partial charge on any atom is -0.345 e. The van der Waals surface area contributed by atoms with Crippen LogP contribution in [0, 0.1) is 12.8 Å². The Bertz CT molecular complexity index is 901. The van der Waals surface area contributed by atoms with Crippen LogP contribution in [0.4, 0.5) is 11.5 Å². The van der Waals surface area contributed by atoms with Crippen molar-refractivity contribution in [1.29, 1.82) is 0 Å². The molecule has 1 saturated heterocycles. The van der Waals surface area contributed by atoms with E-state index in [1.165, 1.54) is 24.1 Å². The van der Waals surface area contributed by atoms with E-state index in [4.69, 9.17) is 11.6 Å². The molecule has 2 fully saturated rings. The maximum Gasteiger partial charge on any atom is 0.230 e. The number of aryl methyl sites for hydroxylation is 2. The Labute approximate surface area is 164 Å². The summed E-state index contributed by atoms with van der Waals surface area (Å²) in [7, 11) is 0. The number of halogens is 1. The molecule has 2 aliphatic rings. The van der Waals surface area contributed by atoms with Crippen LogP contribution in [-0.2, 0) is 16.0 Å². The van der Waals surface area contributed by atoms with Gasteiger partial charge in [0.2, 0.25) is 11.8 Å². The van der Waals surface area contributed by atoms with Gasteiger partial charge < -0.3 is 15.2 Å². The lowest BCUT2D eigenvalue weighted by Crippen LogP contribution is -2.28. The van der Waals surface area contributed by atoms with Gasteiger partial charge in [0.15, 0.2) is 0 Å². The molecule has 27 heavy (non-hydrogen) atoms. The number of anilines is 2. The molecular formula is C21H24ClN3O2. The summed E-state index contributed by atoms with van der Waals surface area (Å²) in [5, 5.41) is 3.60. The molecule has 1 unspecified atom stereocenters. The number of amides is 2. The molecular weight excluding hydrogens is 362 g/mol. The second-order valence-electron chi connectivity index (χ2n) is 7.57. The van der Waals surface area contributed by atoms with E-state index >= 15 is 0 Å². The number of hydrogen-bond donors (Lipinski definition) is 2. The lowest BCUT2D eigenvalue weighted by atomic mass is 10.1. The predicted molar refractivity (Wildman–Crippen MR) is 107 cm³/mol. The van der Waals surface area contributed by atoms with Gasteiger partial charge in [0.25, 0.3) is 0 Å². The summed E-state index contributed by atoms with van der Waals surface area (Å²) < 4.78 is 0. The molecule has 5 nitrogen and oxygen atoms in total. The molecule has 142 valence electrons. The number of carbonyl (C=O) groups excluding carboxylic acids is 2. The Kier molecular flexibility index (Phi) is 4.72. The van der Waals surface area contributed by atoms with Crippen LogP contribution in [0.25, 0.3) is 0 Å². The fraction of sp³-hybridized carbons (Fsp3) is 0.429. The van der Waals surface area contributed by atoms with Crippen LogP contribution in [0.3, 0.4) is 0 Å². The molecule has 1 aromatic carbocycles. The van der Waals surface area contributed by atoms with E-state index in [1.54, 1.807) is 11.0 Å². The molecule has 0 radical (unpaired) electrons. The first-order chi connectivity index (χ1) is 13.0. The first kappa shape index (κ1) is 18.1. The number of hydrogen-bond acceptors (Lipinski definition) is 2. The van der Waals surface area contributed by atoms with E-state index in [0.29, 0.717) is 17.5 Å². The van der Waals surface area contributed by atoms with E-state index in [-0.39, 0.29) is 24.2 Å². The highest BCUT2D eigenvalue weighted by Crippen LogP contribution is 2.43. The highest BCUT2D eigenvalue weighted by Gasteiger charge is 2.36. The molecule has 4 rings (SSSR count). The largest absolute Gasteiger partial charge is 0.345 e. The van der Waals surface area contributed by atoms with Crippen molar-refractivity contribution in [2.75, 3.05) is 16.8 Å². The van der Waals surface area contributed by atoms with Gasteiger partial charge >= 0.3 is 0 Å². The summed E-state index contributed by atoms with van der Waals surface area (Å²) in [6, 6.07) is 7.61. The van der Waals surface area contributed by atoms with Crippen LogP contribution >= 0.6 is 11.6 Å². The Balaban J connectivity index is 1.45. The summed E-state index contributed by atoms with van der Waals surface area (Å²) in [5.41, 5.74) is 4.24. The molecule has 2 N–H and O–H groups in total. The molecule has 0 spiro atoms. The molecule has 2 aromatic rings. The third-order valence-electron chi connectivity index (χ3n) is 5.53. The lowest BCUT2D eigenvalue weighted by Gasteiger charge is -2.17. The monoisotopic (exact) mass is 385 g/mol. The van der Waals surface area contributed by atoms with Gasteiger partial charge in [0.1, 0.15) is 5.82 Å². The van der Waals surface area contributed by atoms with E-state index < -0.39 is 0 Å². The zero-order chi connectivity index (χ0) is 19.1. The Hall–Kier alpha value is -2.27. The van der Waals surface area contributed by atoms with Crippen molar-refractivity contribution in [3.63, 3.8) is 0 Å². The number of aromatic amines is 1. The third-order valence-corrected chi connectivity index (χ3v) is 5.93. The van der Waals surface area contributed by atoms with Crippen LogP contribution in [-0.4, -0.2) is 23.3 Å². The minimum atomic E-state index is -0.365. The van der Waals surface area contributed by atoms with Crippen molar-refractivity contribution < 1.29 is 9.59 Å². The molecule has 1 aromatic heterocycles. The average Bonchev–Trinajstić information content (AvgIpc) is 3.30. The average molecular weight is 386 g/mol. The molecule has 1 atom stereocenters. The first-order valence-corrected chi connectivity index (χ1v) is 9.93. The Morgan fingerprint density at radius 1 is 1.33 bits per heavy atom. The van der Waals surface area contributed by atoms with E-state index in [0.717, 1.165) is 23.5 Å². The van der Waals surface area contributed by atoms with Crippen molar-refractivity contribution in [2.45, 2.75) is 45.4 Å². The predicted octanol–water partition coefficient (Wildman–Crippen LogP) is 4.41. The van der Waals surface area contributed by atoms with Crippen LogP contribution in [0.1, 0.15) is 48.9 Å². The molecule has 1 saturated carbocycles. The standard InChI is InChI=1S/C21H24ClN3O2/c1-3-18-16(13-5-6-13)10-19(23-18)24-21(27)14-8-20(26)25(11-14)15-7-4-12(2)17(22)9-15/h4,7,9-10,13-14,23H,3,5-6,8,11H2,1-2H3,(H,24,27). The van der Waals surface area contributed by atoms with Gasteiger partial charge in [-0.1, -0.05) is 24.6 Å². The number of nitrogens with zero attached hydrogens (tertiary/aromatic N) is 1. The number of nitrogens with one attached hydrogen (secondary N) is 2. The zero-order valence-corrected chi connectivity index (χ0v) is 16.4. The second kappa shape index (κ2) is 7.04. The minimum absolute atomic E-state index is 0.0468. The van der Waals surface area contributed by atoms with Gasteiger partial charge in [-0.05, 0) is 61.4 Å². The lowest BCUT2D eigenvalue weighted by molar-refractivity contribution is -0.122. The first-order valence-electron chi connectivity index (χ1n) is 9.55. The van der Waals surface area contributed by atoms with Crippen molar-refractivity contribution in [3.05, 3.63) is 46.1 Å². The molecule has 6 heteroatoms. The summed E-state index contributed by atoms with van der Waals surface area (Å²) in [5.74, 6) is 0.847. The Morgan fingerprint density at radius 2 is 2.11 bits per heavy atom. The fourth-order valence-corrected chi connectivity index (χ4v) is 3.92. The van der Waals surface area contributed by atoms with Gasteiger partial charge in [-0.2, -0.15) is 0 Å². The highest BCUT2D eigenvalue weighted by molar-refractivity contribution is 6.31. The van der Waals surface area contributed by atoms with E-state index in [9.17, 15) is 9.59 Å². The maximum absolute atomic E-state index is 12.7. The van der Waals surface area contributed by atoms with Crippen molar-refractivity contribution in [3.8, 4) is 0 Å². The topological polar surface area (TPSA) is 65.2 Å². The maximum atomic E-state index is 12.7. The normalized spacial score (nSPS) is 19.6. The van der Waals surface area contributed by atoms with Crippen LogP contribution in [0.2, 0.25) is 5.02 Å². The number of H-pyrrole nitrogens is 1. The number of rotatable bonds is 5. The van der Waals surface area contributed by atoms with Crippen molar-refractivity contribution >= 4 is 34.9 Å². The van der Waals surface area contributed by atoms with Gasteiger partial charge in [0, 0.05) is 29.4 Å². The number of carbonyl (C=O) groups is 2. The number of aromatic nitrogens is 1. The Morgan fingerprint density at radius 3 is 2.78 bits per heavy atom.